The molecule has 0 aromatic heterocycles. The number of carbonyl (C=O) groups excluding carboxylic acids is 1. The van der Waals surface area contributed by atoms with E-state index in [2.05, 4.69) is 74.6 Å². The molecule has 0 aromatic carbocycles. The lowest BCUT2D eigenvalue weighted by Crippen LogP contribution is -2.28. The highest BCUT2D eigenvalue weighted by molar-refractivity contribution is 7.47. The van der Waals surface area contributed by atoms with Gasteiger partial charge in [-0.05, 0) is 57.8 Å². The highest BCUT2D eigenvalue weighted by atomic mass is 31.2. The third kappa shape index (κ3) is 41.2. The molecular formula is C44H80NO7P. The summed E-state index contributed by atoms with van der Waals surface area (Å²) in [6, 6.07) is 0. The van der Waals surface area contributed by atoms with Crippen molar-refractivity contribution in [2.45, 2.75) is 180 Å². The lowest BCUT2D eigenvalue weighted by Gasteiger charge is -2.20. The van der Waals surface area contributed by atoms with Crippen molar-refractivity contribution in [3.63, 3.8) is 0 Å². The van der Waals surface area contributed by atoms with Crippen LogP contribution in [0.3, 0.4) is 0 Å². The van der Waals surface area contributed by atoms with Crippen LogP contribution in [0.4, 0.5) is 0 Å². The zero-order valence-corrected chi connectivity index (χ0v) is 34.9. The van der Waals surface area contributed by atoms with Crippen LogP contribution < -0.4 is 5.73 Å². The molecule has 2 atom stereocenters. The molecule has 53 heavy (non-hydrogen) atoms. The Hall–Kier alpha value is -1.80. The fraction of sp³-hybridized carbons (Fsp3) is 0.750. The van der Waals surface area contributed by atoms with Crippen LogP contribution in [0, 0.1) is 0 Å². The van der Waals surface area contributed by atoms with Gasteiger partial charge in [0.05, 0.1) is 19.8 Å². The number of hydrogen-bond acceptors (Lipinski definition) is 7. The fourth-order valence-corrected chi connectivity index (χ4v) is 6.38. The van der Waals surface area contributed by atoms with E-state index in [-0.39, 0.29) is 32.3 Å². The summed E-state index contributed by atoms with van der Waals surface area (Å²) in [4.78, 5) is 22.3. The average Bonchev–Trinajstić information content (AvgIpc) is 3.15. The molecule has 0 fully saturated rings. The first kappa shape index (κ1) is 51.2. The Balaban J connectivity index is 3.89. The van der Waals surface area contributed by atoms with Gasteiger partial charge in [0.1, 0.15) is 6.10 Å². The second-order valence-corrected chi connectivity index (χ2v) is 15.3. The van der Waals surface area contributed by atoms with Gasteiger partial charge in [-0.15, -0.1) is 0 Å². The molecule has 0 spiro atoms. The highest BCUT2D eigenvalue weighted by Crippen LogP contribution is 2.43. The van der Waals surface area contributed by atoms with E-state index >= 15 is 0 Å². The molecule has 0 bridgehead atoms. The predicted octanol–water partition coefficient (Wildman–Crippen LogP) is 12.6. The van der Waals surface area contributed by atoms with E-state index in [1.54, 1.807) is 0 Å². The quantitative estimate of drug-likeness (QED) is 0.0274. The topological polar surface area (TPSA) is 117 Å². The number of esters is 1. The summed E-state index contributed by atoms with van der Waals surface area (Å²) in [5, 5.41) is 0. The fourth-order valence-electron chi connectivity index (χ4n) is 5.61. The third-order valence-corrected chi connectivity index (χ3v) is 9.68. The second-order valence-electron chi connectivity index (χ2n) is 13.8. The number of ether oxygens (including phenoxy) is 2. The normalized spacial score (nSPS) is 14.1. The molecule has 0 saturated heterocycles. The third-order valence-electron chi connectivity index (χ3n) is 8.70. The number of nitrogens with two attached hydrogens (primary N) is 1. The van der Waals surface area contributed by atoms with Crippen LogP contribution in [0.5, 0.6) is 0 Å². The van der Waals surface area contributed by atoms with Crippen LogP contribution >= 0.6 is 7.82 Å². The summed E-state index contributed by atoms with van der Waals surface area (Å²) in [6.45, 7) is 4.76. The van der Waals surface area contributed by atoms with Crippen LogP contribution in [-0.2, 0) is 27.9 Å². The number of phosphoric ester groups is 1. The zero-order chi connectivity index (χ0) is 38.8. The molecule has 0 aromatic rings. The number of allylic oxidation sites excluding steroid dienone is 10. The van der Waals surface area contributed by atoms with E-state index in [1.807, 2.05) is 0 Å². The van der Waals surface area contributed by atoms with E-state index in [9.17, 15) is 14.3 Å². The van der Waals surface area contributed by atoms with Crippen molar-refractivity contribution in [2.75, 3.05) is 33.0 Å². The van der Waals surface area contributed by atoms with Gasteiger partial charge in [0.15, 0.2) is 0 Å². The minimum atomic E-state index is -4.27. The predicted molar refractivity (Wildman–Crippen MR) is 224 cm³/mol. The molecule has 308 valence electrons. The molecule has 0 amide bonds. The van der Waals surface area contributed by atoms with Gasteiger partial charge in [-0.3, -0.25) is 13.8 Å². The number of unbranched alkanes of at least 4 members (excludes halogenated alkanes) is 17. The first-order valence-electron chi connectivity index (χ1n) is 21.3. The van der Waals surface area contributed by atoms with Gasteiger partial charge in [-0.1, -0.05) is 171 Å². The van der Waals surface area contributed by atoms with Gasteiger partial charge in [-0.2, -0.15) is 0 Å². The molecule has 2 unspecified atom stereocenters. The lowest BCUT2D eigenvalue weighted by molar-refractivity contribution is -0.154. The Labute approximate surface area is 325 Å². The monoisotopic (exact) mass is 766 g/mol. The van der Waals surface area contributed by atoms with E-state index in [1.165, 1.54) is 89.9 Å². The molecule has 9 heteroatoms. The van der Waals surface area contributed by atoms with E-state index < -0.39 is 13.9 Å². The van der Waals surface area contributed by atoms with Crippen LogP contribution in [-0.4, -0.2) is 49.9 Å². The maximum Gasteiger partial charge on any atom is 0.472 e. The average molecular weight is 766 g/mol. The molecule has 0 aliphatic carbocycles. The van der Waals surface area contributed by atoms with E-state index in [0.29, 0.717) is 13.0 Å². The maximum atomic E-state index is 12.5. The molecule has 0 radical (unpaired) electrons. The standard InChI is InChI=1S/C44H80NO7P/c1-3-5-7-9-11-13-14-15-16-17-18-19-20-21-22-23-24-25-26-27-28-29-30-32-34-36-39-49-41-43(42-51-53(47,48)50-40-38-45)52-44(46)37-35-33-31-12-10-8-6-4-2/h5,7,11,13,15-16,18-19,21-22,43H,3-4,6,8-10,12,14,17,20,23-42,45H2,1-2H3,(H,47,48)/b7-5-,13-11-,16-15-,19-18-,22-21-. The zero-order valence-electron chi connectivity index (χ0n) is 34.0. The summed E-state index contributed by atoms with van der Waals surface area (Å²) in [6.07, 6.45) is 49.7. The maximum absolute atomic E-state index is 12.5. The molecule has 0 rings (SSSR count). The summed E-state index contributed by atoms with van der Waals surface area (Å²) >= 11 is 0. The first-order chi connectivity index (χ1) is 25.9. The van der Waals surface area contributed by atoms with Gasteiger partial charge < -0.3 is 20.1 Å². The summed E-state index contributed by atoms with van der Waals surface area (Å²) in [7, 11) is -4.27. The van der Waals surface area contributed by atoms with Crippen LogP contribution in [0.15, 0.2) is 60.8 Å². The second kappa shape index (κ2) is 41.4. The van der Waals surface area contributed by atoms with E-state index in [0.717, 1.165) is 64.2 Å². The minimum absolute atomic E-state index is 0.0976. The van der Waals surface area contributed by atoms with Crippen molar-refractivity contribution in [1.29, 1.82) is 0 Å². The number of carbonyl (C=O) groups is 1. The Bertz CT molecular complexity index is 994. The van der Waals surface area contributed by atoms with Gasteiger partial charge in [-0.25, -0.2) is 4.57 Å². The molecule has 0 aliphatic rings. The SMILES string of the molecule is CC/C=C\C/C=C\C/C=C\C/C=C\C/C=C\CCCCCCCCCCCCOCC(COP(=O)(O)OCCN)OC(=O)CCCCCCCCCC. The first-order valence-corrected chi connectivity index (χ1v) is 22.8. The van der Waals surface area contributed by atoms with Crippen molar-refractivity contribution >= 4 is 13.8 Å². The Morgan fingerprint density at radius 1 is 0.585 bits per heavy atom. The van der Waals surface area contributed by atoms with Crippen molar-refractivity contribution in [1.82, 2.24) is 0 Å². The molecule has 0 aliphatic heterocycles. The van der Waals surface area contributed by atoms with Crippen LogP contribution in [0.2, 0.25) is 0 Å². The van der Waals surface area contributed by atoms with Crippen LogP contribution in [0.1, 0.15) is 174 Å². The molecular weight excluding hydrogens is 685 g/mol. The largest absolute Gasteiger partial charge is 0.472 e. The smallest absolute Gasteiger partial charge is 0.457 e. The summed E-state index contributed by atoms with van der Waals surface area (Å²) < 4.78 is 33.3. The summed E-state index contributed by atoms with van der Waals surface area (Å²) in [5.74, 6) is -0.339. The van der Waals surface area contributed by atoms with Gasteiger partial charge in [0.2, 0.25) is 0 Å². The van der Waals surface area contributed by atoms with Gasteiger partial charge in [0, 0.05) is 19.6 Å². The van der Waals surface area contributed by atoms with Crippen molar-refractivity contribution in [3.8, 4) is 0 Å². The Morgan fingerprint density at radius 2 is 1.06 bits per heavy atom. The Kier molecular flexibility index (Phi) is 40.0. The number of hydrogen-bond donors (Lipinski definition) is 2. The van der Waals surface area contributed by atoms with Crippen LogP contribution in [0.25, 0.3) is 0 Å². The lowest BCUT2D eigenvalue weighted by atomic mass is 10.1. The van der Waals surface area contributed by atoms with Crippen molar-refractivity contribution in [3.05, 3.63) is 60.8 Å². The summed E-state index contributed by atoms with van der Waals surface area (Å²) in [5.41, 5.74) is 5.35. The molecule has 0 heterocycles. The van der Waals surface area contributed by atoms with Gasteiger partial charge in [0.25, 0.3) is 0 Å². The van der Waals surface area contributed by atoms with Crippen molar-refractivity contribution in [2.24, 2.45) is 5.73 Å². The Morgan fingerprint density at radius 3 is 1.58 bits per heavy atom. The minimum Gasteiger partial charge on any atom is -0.457 e. The van der Waals surface area contributed by atoms with E-state index in [4.69, 9.17) is 24.3 Å². The molecule has 8 nitrogen and oxygen atoms in total. The highest BCUT2D eigenvalue weighted by Gasteiger charge is 2.25. The van der Waals surface area contributed by atoms with Gasteiger partial charge >= 0.3 is 13.8 Å². The van der Waals surface area contributed by atoms with Crippen molar-refractivity contribution < 1.29 is 32.8 Å². The number of rotatable bonds is 40. The number of phosphoric acid groups is 1. The molecule has 0 saturated carbocycles. The molecule has 3 N–H and O–H groups in total.